The molecule has 0 aromatic heterocycles. The molecule has 1 N–H and O–H groups in total. The minimum absolute atomic E-state index is 0.302. The number of allylic oxidation sites excluding steroid dienone is 1. The van der Waals surface area contributed by atoms with Crippen LogP contribution in [0.1, 0.15) is 19.3 Å². The standard InChI is InChI=1S/C11H19NO2S/c1-15(13,14)7-3-6-12-11-8-9-4-2-5-10(9)11/h2,5,9-12H,3-4,6-8H2,1H3. The van der Waals surface area contributed by atoms with E-state index in [1.54, 1.807) is 0 Å². The molecule has 0 saturated heterocycles. The van der Waals surface area contributed by atoms with Crippen LogP contribution in [0.4, 0.5) is 0 Å². The Hall–Kier alpha value is -0.350. The summed E-state index contributed by atoms with van der Waals surface area (Å²) in [5.41, 5.74) is 0. The summed E-state index contributed by atoms with van der Waals surface area (Å²) in [4.78, 5) is 0. The first-order chi connectivity index (χ1) is 7.06. The molecule has 2 rings (SSSR count). The van der Waals surface area contributed by atoms with Gasteiger partial charge >= 0.3 is 0 Å². The predicted octanol–water partition coefficient (Wildman–Crippen LogP) is 0.975. The third-order valence-corrected chi connectivity index (χ3v) is 4.49. The summed E-state index contributed by atoms with van der Waals surface area (Å²) < 4.78 is 21.8. The number of rotatable bonds is 5. The second kappa shape index (κ2) is 4.26. The smallest absolute Gasteiger partial charge is 0.147 e. The lowest BCUT2D eigenvalue weighted by Gasteiger charge is -2.40. The monoisotopic (exact) mass is 229 g/mol. The molecule has 3 nitrogen and oxygen atoms in total. The van der Waals surface area contributed by atoms with E-state index in [2.05, 4.69) is 17.5 Å². The minimum Gasteiger partial charge on any atom is -0.313 e. The lowest BCUT2D eigenvalue weighted by atomic mass is 9.71. The SMILES string of the molecule is CS(=O)(=O)CCCNC1CC2CC=CC21. The van der Waals surface area contributed by atoms with Crippen LogP contribution in [0.15, 0.2) is 12.2 Å². The summed E-state index contributed by atoms with van der Waals surface area (Å²) in [6, 6.07) is 0.605. The van der Waals surface area contributed by atoms with Gasteiger partial charge in [-0.05, 0) is 37.6 Å². The molecule has 3 atom stereocenters. The van der Waals surface area contributed by atoms with Crippen LogP contribution < -0.4 is 5.32 Å². The van der Waals surface area contributed by atoms with Crippen molar-refractivity contribution < 1.29 is 8.42 Å². The van der Waals surface area contributed by atoms with Crippen LogP contribution in [-0.4, -0.2) is 33.0 Å². The number of nitrogens with one attached hydrogen (secondary N) is 1. The van der Waals surface area contributed by atoms with E-state index in [0.717, 1.165) is 24.8 Å². The average molecular weight is 229 g/mol. The lowest BCUT2D eigenvalue weighted by Crippen LogP contribution is -2.48. The lowest BCUT2D eigenvalue weighted by molar-refractivity contribution is 0.164. The minimum atomic E-state index is -2.78. The molecule has 0 amide bonds. The van der Waals surface area contributed by atoms with Crippen molar-refractivity contribution in [1.82, 2.24) is 5.32 Å². The Morgan fingerprint density at radius 1 is 1.47 bits per heavy atom. The second-order valence-electron chi connectivity index (χ2n) is 4.78. The second-order valence-corrected chi connectivity index (χ2v) is 7.04. The van der Waals surface area contributed by atoms with Crippen molar-refractivity contribution in [3.8, 4) is 0 Å². The first-order valence-corrected chi connectivity index (χ1v) is 7.70. The Morgan fingerprint density at radius 3 is 2.93 bits per heavy atom. The fourth-order valence-corrected chi connectivity index (χ4v) is 3.24. The highest BCUT2D eigenvalue weighted by Gasteiger charge is 2.40. The van der Waals surface area contributed by atoms with Gasteiger partial charge in [-0.25, -0.2) is 8.42 Å². The third-order valence-electron chi connectivity index (χ3n) is 3.46. The summed E-state index contributed by atoms with van der Waals surface area (Å²) in [7, 11) is -2.78. The average Bonchev–Trinajstić information content (AvgIpc) is 2.45. The molecule has 0 heterocycles. The number of fused-ring (bicyclic) bond motifs is 1. The largest absolute Gasteiger partial charge is 0.313 e. The Bertz CT molecular complexity index is 348. The molecule has 2 aliphatic carbocycles. The van der Waals surface area contributed by atoms with Gasteiger partial charge in [-0.1, -0.05) is 12.2 Å². The zero-order chi connectivity index (χ0) is 10.9. The van der Waals surface area contributed by atoms with Crippen LogP contribution >= 0.6 is 0 Å². The maximum Gasteiger partial charge on any atom is 0.147 e. The normalized spacial score (nSPS) is 33.8. The zero-order valence-electron chi connectivity index (χ0n) is 9.15. The molecular weight excluding hydrogens is 210 g/mol. The summed E-state index contributed by atoms with van der Waals surface area (Å²) in [6.07, 6.45) is 9.11. The highest BCUT2D eigenvalue weighted by molar-refractivity contribution is 7.90. The molecule has 86 valence electrons. The van der Waals surface area contributed by atoms with Crippen LogP contribution in [-0.2, 0) is 9.84 Å². The molecule has 1 fully saturated rings. The molecule has 3 unspecified atom stereocenters. The topological polar surface area (TPSA) is 46.2 Å². The summed E-state index contributed by atoms with van der Waals surface area (Å²) in [6.45, 7) is 0.828. The van der Waals surface area contributed by atoms with Gasteiger partial charge in [-0.2, -0.15) is 0 Å². The van der Waals surface area contributed by atoms with Crippen LogP contribution in [0.3, 0.4) is 0 Å². The predicted molar refractivity (Wildman–Crippen MR) is 61.5 cm³/mol. The fraction of sp³-hybridized carbons (Fsp3) is 0.818. The van der Waals surface area contributed by atoms with E-state index in [1.165, 1.54) is 19.1 Å². The fourth-order valence-electron chi connectivity index (χ4n) is 2.57. The Labute approximate surface area is 91.9 Å². The van der Waals surface area contributed by atoms with E-state index in [4.69, 9.17) is 0 Å². The number of sulfone groups is 1. The first kappa shape index (κ1) is 11.1. The first-order valence-electron chi connectivity index (χ1n) is 5.64. The highest BCUT2D eigenvalue weighted by atomic mass is 32.2. The van der Waals surface area contributed by atoms with Crippen molar-refractivity contribution in [2.24, 2.45) is 11.8 Å². The van der Waals surface area contributed by atoms with E-state index in [-0.39, 0.29) is 0 Å². The molecule has 15 heavy (non-hydrogen) atoms. The van der Waals surface area contributed by atoms with Crippen molar-refractivity contribution >= 4 is 9.84 Å². The van der Waals surface area contributed by atoms with Crippen molar-refractivity contribution in [3.63, 3.8) is 0 Å². The Morgan fingerprint density at radius 2 is 2.27 bits per heavy atom. The molecule has 0 radical (unpaired) electrons. The Balaban J connectivity index is 1.61. The van der Waals surface area contributed by atoms with Gasteiger partial charge in [-0.15, -0.1) is 0 Å². The van der Waals surface area contributed by atoms with Crippen molar-refractivity contribution in [3.05, 3.63) is 12.2 Å². The van der Waals surface area contributed by atoms with Gasteiger partial charge in [0, 0.05) is 12.3 Å². The van der Waals surface area contributed by atoms with Crippen molar-refractivity contribution in [2.45, 2.75) is 25.3 Å². The van der Waals surface area contributed by atoms with Gasteiger partial charge in [0.15, 0.2) is 0 Å². The number of hydrogen-bond acceptors (Lipinski definition) is 3. The van der Waals surface area contributed by atoms with E-state index in [0.29, 0.717) is 11.8 Å². The van der Waals surface area contributed by atoms with Gasteiger partial charge in [-0.3, -0.25) is 0 Å². The summed E-state index contributed by atoms with van der Waals surface area (Å²) >= 11 is 0. The van der Waals surface area contributed by atoms with Crippen molar-refractivity contribution in [1.29, 1.82) is 0 Å². The van der Waals surface area contributed by atoms with Crippen LogP contribution in [0, 0.1) is 11.8 Å². The number of hydrogen-bond donors (Lipinski definition) is 1. The maximum atomic E-state index is 10.9. The molecule has 0 aromatic carbocycles. The maximum absolute atomic E-state index is 10.9. The van der Waals surface area contributed by atoms with E-state index < -0.39 is 9.84 Å². The van der Waals surface area contributed by atoms with Gasteiger partial charge in [0.05, 0.1) is 5.75 Å². The van der Waals surface area contributed by atoms with Gasteiger partial charge < -0.3 is 5.32 Å². The molecular formula is C11H19NO2S. The molecule has 4 heteroatoms. The zero-order valence-corrected chi connectivity index (χ0v) is 9.96. The van der Waals surface area contributed by atoms with Crippen LogP contribution in [0.25, 0.3) is 0 Å². The third kappa shape index (κ3) is 2.82. The molecule has 1 saturated carbocycles. The molecule has 0 bridgehead atoms. The van der Waals surface area contributed by atoms with E-state index in [1.807, 2.05) is 0 Å². The van der Waals surface area contributed by atoms with E-state index >= 15 is 0 Å². The molecule has 2 aliphatic rings. The van der Waals surface area contributed by atoms with Gasteiger partial charge in [0.1, 0.15) is 9.84 Å². The summed E-state index contributed by atoms with van der Waals surface area (Å²) in [5.74, 6) is 1.90. The molecule has 0 aliphatic heterocycles. The Kier molecular flexibility index (Phi) is 3.16. The van der Waals surface area contributed by atoms with E-state index in [9.17, 15) is 8.42 Å². The summed E-state index contributed by atoms with van der Waals surface area (Å²) in [5, 5.41) is 3.45. The highest BCUT2D eigenvalue weighted by Crippen LogP contribution is 2.42. The van der Waals surface area contributed by atoms with Crippen molar-refractivity contribution in [2.75, 3.05) is 18.6 Å². The van der Waals surface area contributed by atoms with Gasteiger partial charge in [0.25, 0.3) is 0 Å². The van der Waals surface area contributed by atoms with Crippen LogP contribution in [0.2, 0.25) is 0 Å². The quantitative estimate of drug-likeness (QED) is 0.564. The van der Waals surface area contributed by atoms with Crippen LogP contribution in [0.5, 0.6) is 0 Å². The molecule has 0 aromatic rings. The molecule has 0 spiro atoms. The van der Waals surface area contributed by atoms with Gasteiger partial charge in [0.2, 0.25) is 0 Å².